The predicted molar refractivity (Wildman–Crippen MR) is 90.9 cm³/mol. The van der Waals surface area contributed by atoms with Gasteiger partial charge in [-0.15, -0.1) is 0 Å². The van der Waals surface area contributed by atoms with Crippen LogP contribution >= 0.6 is 0 Å². The van der Waals surface area contributed by atoms with Crippen LogP contribution in [0.4, 0.5) is 11.4 Å². The second-order valence-electron chi connectivity index (χ2n) is 5.41. The van der Waals surface area contributed by atoms with Gasteiger partial charge in [0.25, 0.3) is 5.91 Å². The molecular weight excluding hydrogens is 292 g/mol. The Morgan fingerprint density at radius 3 is 2.26 bits per heavy atom. The van der Waals surface area contributed by atoms with Crippen molar-refractivity contribution in [3.05, 3.63) is 54.1 Å². The van der Waals surface area contributed by atoms with Crippen LogP contribution in [0.25, 0.3) is 0 Å². The Morgan fingerprint density at radius 2 is 1.61 bits per heavy atom. The molecule has 2 N–H and O–H groups in total. The molecule has 0 spiro atoms. The van der Waals surface area contributed by atoms with Crippen LogP contribution in [0.15, 0.2) is 48.5 Å². The topological polar surface area (TPSA) is 67.4 Å². The molecule has 2 aromatic carbocycles. The van der Waals surface area contributed by atoms with Crippen LogP contribution in [0.5, 0.6) is 5.75 Å². The first-order valence-corrected chi connectivity index (χ1v) is 7.36. The van der Waals surface area contributed by atoms with Crippen LogP contribution in [-0.2, 0) is 4.79 Å². The van der Waals surface area contributed by atoms with Crippen molar-refractivity contribution in [2.45, 2.75) is 13.8 Å². The number of nitrogens with one attached hydrogen (secondary N) is 2. The first-order valence-electron chi connectivity index (χ1n) is 7.36. The van der Waals surface area contributed by atoms with E-state index in [0.717, 1.165) is 0 Å². The molecule has 0 fully saturated rings. The SMILES string of the molecule is COc1cccc(NC(=O)c2cccc(NC(=O)C(C)C)c2)c1. The summed E-state index contributed by atoms with van der Waals surface area (Å²) in [6.45, 7) is 3.63. The molecule has 0 aliphatic heterocycles. The van der Waals surface area contributed by atoms with Crippen molar-refractivity contribution >= 4 is 23.2 Å². The van der Waals surface area contributed by atoms with Crippen LogP contribution in [0.2, 0.25) is 0 Å². The van der Waals surface area contributed by atoms with Crippen molar-refractivity contribution in [1.82, 2.24) is 0 Å². The standard InChI is InChI=1S/C18H20N2O3/c1-12(2)17(21)19-14-7-4-6-13(10-14)18(22)20-15-8-5-9-16(11-15)23-3/h4-12H,1-3H3,(H,19,21)(H,20,22). The summed E-state index contributed by atoms with van der Waals surface area (Å²) >= 11 is 0. The minimum atomic E-state index is -0.251. The Balaban J connectivity index is 2.11. The molecular formula is C18H20N2O3. The normalized spacial score (nSPS) is 10.3. The highest BCUT2D eigenvalue weighted by Gasteiger charge is 2.10. The molecule has 0 aliphatic carbocycles. The van der Waals surface area contributed by atoms with Gasteiger partial charge in [-0.05, 0) is 30.3 Å². The number of hydrogen-bond donors (Lipinski definition) is 2. The van der Waals surface area contributed by atoms with E-state index in [4.69, 9.17) is 4.74 Å². The van der Waals surface area contributed by atoms with Gasteiger partial charge in [-0.1, -0.05) is 26.0 Å². The van der Waals surface area contributed by atoms with Crippen LogP contribution in [0, 0.1) is 5.92 Å². The third-order valence-electron chi connectivity index (χ3n) is 3.24. The van der Waals surface area contributed by atoms with Crippen molar-refractivity contribution in [3.63, 3.8) is 0 Å². The van der Waals surface area contributed by atoms with E-state index in [1.807, 2.05) is 13.8 Å². The summed E-state index contributed by atoms with van der Waals surface area (Å²) in [6, 6.07) is 14.0. The molecule has 0 saturated carbocycles. The van der Waals surface area contributed by atoms with E-state index in [1.165, 1.54) is 0 Å². The Kier molecular flexibility index (Phi) is 5.36. The summed E-state index contributed by atoms with van der Waals surface area (Å²) in [6.07, 6.45) is 0. The van der Waals surface area contributed by atoms with Crippen molar-refractivity contribution in [2.24, 2.45) is 5.92 Å². The third-order valence-corrected chi connectivity index (χ3v) is 3.24. The smallest absolute Gasteiger partial charge is 0.255 e. The second-order valence-corrected chi connectivity index (χ2v) is 5.41. The lowest BCUT2D eigenvalue weighted by Crippen LogP contribution is -2.18. The van der Waals surface area contributed by atoms with Crippen LogP contribution < -0.4 is 15.4 Å². The Bertz CT molecular complexity index is 711. The number of amides is 2. The molecule has 5 nitrogen and oxygen atoms in total. The molecule has 23 heavy (non-hydrogen) atoms. The lowest BCUT2D eigenvalue weighted by Gasteiger charge is -2.10. The monoisotopic (exact) mass is 312 g/mol. The Hall–Kier alpha value is -2.82. The highest BCUT2D eigenvalue weighted by molar-refractivity contribution is 6.05. The molecule has 0 aliphatic rings. The van der Waals surface area contributed by atoms with Crippen molar-refractivity contribution in [1.29, 1.82) is 0 Å². The number of anilines is 2. The summed E-state index contributed by atoms with van der Waals surface area (Å²) in [5, 5.41) is 5.58. The average molecular weight is 312 g/mol. The van der Waals surface area contributed by atoms with Gasteiger partial charge >= 0.3 is 0 Å². The summed E-state index contributed by atoms with van der Waals surface area (Å²) in [5.41, 5.74) is 1.71. The lowest BCUT2D eigenvalue weighted by atomic mass is 10.1. The van der Waals surface area contributed by atoms with E-state index in [2.05, 4.69) is 10.6 Å². The first-order chi connectivity index (χ1) is 11.0. The number of carbonyl (C=O) groups is 2. The lowest BCUT2D eigenvalue weighted by molar-refractivity contribution is -0.118. The average Bonchev–Trinajstić information content (AvgIpc) is 2.55. The zero-order valence-corrected chi connectivity index (χ0v) is 13.4. The largest absolute Gasteiger partial charge is 0.497 e. The molecule has 5 heteroatoms. The highest BCUT2D eigenvalue weighted by atomic mass is 16.5. The van der Waals surface area contributed by atoms with E-state index in [-0.39, 0.29) is 17.7 Å². The van der Waals surface area contributed by atoms with E-state index in [1.54, 1.807) is 55.6 Å². The third kappa shape index (κ3) is 4.57. The fourth-order valence-electron chi connectivity index (χ4n) is 1.93. The number of carbonyl (C=O) groups excluding carboxylic acids is 2. The van der Waals surface area contributed by atoms with Gasteiger partial charge in [0.2, 0.25) is 5.91 Å². The highest BCUT2D eigenvalue weighted by Crippen LogP contribution is 2.18. The minimum Gasteiger partial charge on any atom is -0.497 e. The van der Waals surface area contributed by atoms with Gasteiger partial charge in [-0.3, -0.25) is 9.59 Å². The van der Waals surface area contributed by atoms with Gasteiger partial charge < -0.3 is 15.4 Å². The van der Waals surface area contributed by atoms with E-state index < -0.39 is 0 Å². The molecule has 2 aromatic rings. The van der Waals surface area contributed by atoms with Crippen molar-refractivity contribution < 1.29 is 14.3 Å². The summed E-state index contributed by atoms with van der Waals surface area (Å²) < 4.78 is 5.13. The number of methoxy groups -OCH3 is 1. The Labute approximate surface area is 135 Å². The fraction of sp³-hybridized carbons (Fsp3) is 0.222. The predicted octanol–water partition coefficient (Wildman–Crippen LogP) is 3.54. The summed E-state index contributed by atoms with van der Waals surface area (Å²) in [4.78, 5) is 24.1. The first kappa shape index (κ1) is 16.5. The maximum absolute atomic E-state index is 12.3. The summed E-state index contributed by atoms with van der Waals surface area (Å²) in [5.74, 6) is 0.208. The maximum Gasteiger partial charge on any atom is 0.255 e. The molecule has 0 saturated heterocycles. The molecule has 0 radical (unpaired) electrons. The molecule has 120 valence electrons. The quantitative estimate of drug-likeness (QED) is 0.887. The van der Waals surface area contributed by atoms with Crippen molar-refractivity contribution in [2.75, 3.05) is 17.7 Å². The fourth-order valence-corrected chi connectivity index (χ4v) is 1.93. The van der Waals surface area contributed by atoms with Gasteiger partial charge in [0.15, 0.2) is 0 Å². The maximum atomic E-state index is 12.3. The van der Waals surface area contributed by atoms with Crippen LogP contribution in [0.1, 0.15) is 24.2 Å². The number of hydrogen-bond acceptors (Lipinski definition) is 3. The number of ether oxygens (including phenoxy) is 1. The van der Waals surface area contributed by atoms with Gasteiger partial charge in [0.05, 0.1) is 7.11 Å². The molecule has 2 rings (SSSR count). The molecule has 0 bridgehead atoms. The number of benzene rings is 2. The summed E-state index contributed by atoms with van der Waals surface area (Å²) in [7, 11) is 1.57. The van der Waals surface area contributed by atoms with Gasteiger partial charge in [0.1, 0.15) is 5.75 Å². The van der Waals surface area contributed by atoms with Gasteiger partial charge in [-0.2, -0.15) is 0 Å². The van der Waals surface area contributed by atoms with E-state index >= 15 is 0 Å². The molecule has 2 amide bonds. The van der Waals surface area contributed by atoms with E-state index in [0.29, 0.717) is 22.7 Å². The second kappa shape index (κ2) is 7.45. The number of rotatable bonds is 5. The molecule has 0 aromatic heterocycles. The van der Waals surface area contributed by atoms with E-state index in [9.17, 15) is 9.59 Å². The zero-order chi connectivity index (χ0) is 16.8. The van der Waals surface area contributed by atoms with Gasteiger partial charge in [0, 0.05) is 28.9 Å². The minimum absolute atomic E-state index is 0.0876. The van der Waals surface area contributed by atoms with Gasteiger partial charge in [-0.25, -0.2) is 0 Å². The molecule has 0 unspecified atom stereocenters. The zero-order valence-electron chi connectivity index (χ0n) is 13.4. The molecule has 0 atom stereocenters. The van der Waals surface area contributed by atoms with Crippen molar-refractivity contribution in [3.8, 4) is 5.75 Å². The Morgan fingerprint density at radius 1 is 0.957 bits per heavy atom. The van der Waals surface area contributed by atoms with Crippen LogP contribution in [-0.4, -0.2) is 18.9 Å². The molecule has 0 heterocycles. The van der Waals surface area contributed by atoms with Crippen LogP contribution in [0.3, 0.4) is 0 Å².